The summed E-state index contributed by atoms with van der Waals surface area (Å²) in [5.41, 5.74) is 5.13. The molecule has 0 aliphatic heterocycles. The summed E-state index contributed by atoms with van der Waals surface area (Å²) in [6.07, 6.45) is 0. The van der Waals surface area contributed by atoms with E-state index in [4.69, 9.17) is 40.5 Å². The molecular weight excluding hydrogens is 345 g/mol. The van der Waals surface area contributed by atoms with Gasteiger partial charge in [0.1, 0.15) is 0 Å². The zero-order valence-corrected chi connectivity index (χ0v) is 20.8. The van der Waals surface area contributed by atoms with E-state index in [1.807, 2.05) is 0 Å². The standard InChI is InChI=1S/C4H12N2O.3C2H4O2.3Na.H2O/c5-1-2-6-3-4-7;3*1-2(3)4;;;;/h6-7H,1-5H2;3*1H3,(H,3,4);;;;1H2/q;;;;3*+1;/p-3. The minimum Gasteiger partial charge on any atom is -0.550 e. The predicted molar refractivity (Wildman–Crippen MR) is 64.7 cm³/mol. The maximum absolute atomic E-state index is 8.89. The van der Waals surface area contributed by atoms with Crippen molar-refractivity contribution in [1.82, 2.24) is 5.32 Å². The molecule has 23 heavy (non-hydrogen) atoms. The van der Waals surface area contributed by atoms with Crippen LogP contribution in [0.15, 0.2) is 0 Å². The van der Waals surface area contributed by atoms with E-state index in [2.05, 4.69) is 5.32 Å². The number of aliphatic carboxylic acids is 3. The van der Waals surface area contributed by atoms with Crippen molar-refractivity contribution in [2.75, 3.05) is 26.2 Å². The van der Waals surface area contributed by atoms with Crippen molar-refractivity contribution in [3.05, 3.63) is 0 Å². The minimum atomic E-state index is -1.08. The van der Waals surface area contributed by atoms with Crippen LogP contribution in [0.4, 0.5) is 0 Å². The van der Waals surface area contributed by atoms with Crippen LogP contribution in [0.25, 0.3) is 0 Å². The first-order chi connectivity index (χ1) is 8.61. The van der Waals surface area contributed by atoms with Crippen molar-refractivity contribution in [2.45, 2.75) is 20.8 Å². The van der Waals surface area contributed by atoms with Gasteiger partial charge in [0.2, 0.25) is 0 Å². The maximum Gasteiger partial charge on any atom is 1.00 e. The second-order valence-corrected chi connectivity index (χ2v) is 2.74. The van der Waals surface area contributed by atoms with Crippen LogP contribution in [0.1, 0.15) is 20.8 Å². The van der Waals surface area contributed by atoms with Crippen LogP contribution in [0.2, 0.25) is 0 Å². The molecule has 0 unspecified atom stereocenters. The van der Waals surface area contributed by atoms with Crippen LogP contribution in [-0.2, 0) is 14.4 Å². The summed E-state index contributed by atoms with van der Waals surface area (Å²) in [6.45, 7) is 5.19. The summed E-state index contributed by atoms with van der Waals surface area (Å²) in [6, 6.07) is 0. The Hall–Kier alpha value is 1.25. The summed E-state index contributed by atoms with van der Waals surface area (Å²) < 4.78 is 0. The van der Waals surface area contributed by atoms with Gasteiger partial charge in [-0.25, -0.2) is 0 Å². The first kappa shape index (κ1) is 49.6. The molecule has 0 bridgehead atoms. The summed E-state index contributed by atoms with van der Waals surface area (Å²) in [7, 11) is 0. The summed E-state index contributed by atoms with van der Waals surface area (Å²) in [5.74, 6) is -3.25. The number of carbonyl (C=O) groups excluding carboxylic acids is 3. The normalized spacial score (nSPS) is 6.13. The number of carboxylic acid groups (broad SMARTS) is 3. The van der Waals surface area contributed by atoms with E-state index in [0.29, 0.717) is 13.1 Å². The predicted octanol–water partition coefficient (Wildman–Crippen LogP) is -15.0. The molecule has 0 aromatic heterocycles. The van der Waals surface area contributed by atoms with Crippen LogP contribution >= 0.6 is 0 Å². The van der Waals surface area contributed by atoms with Crippen molar-refractivity contribution in [3.63, 3.8) is 0 Å². The van der Waals surface area contributed by atoms with E-state index in [0.717, 1.165) is 27.3 Å². The molecule has 0 amide bonds. The Bertz CT molecular complexity index is 192. The van der Waals surface area contributed by atoms with Gasteiger partial charge in [-0.15, -0.1) is 0 Å². The summed E-state index contributed by atoms with van der Waals surface area (Å²) in [4.78, 5) is 26.7. The van der Waals surface area contributed by atoms with E-state index in [-0.39, 0.29) is 101 Å². The van der Waals surface area contributed by atoms with Crippen molar-refractivity contribution in [2.24, 2.45) is 5.73 Å². The third kappa shape index (κ3) is 381. The van der Waals surface area contributed by atoms with Crippen LogP contribution < -0.4 is 115 Å². The van der Waals surface area contributed by atoms with Crippen molar-refractivity contribution >= 4 is 17.9 Å². The monoisotopic (exact) mass is 368 g/mol. The van der Waals surface area contributed by atoms with Gasteiger partial charge in [0.05, 0.1) is 6.61 Å². The van der Waals surface area contributed by atoms with Gasteiger partial charge in [-0.05, 0) is 20.8 Å². The summed E-state index contributed by atoms with van der Waals surface area (Å²) in [5, 5.41) is 37.8. The third-order valence-corrected chi connectivity index (χ3v) is 0.610. The Morgan fingerprint density at radius 2 is 1.09 bits per heavy atom. The zero-order valence-electron chi connectivity index (χ0n) is 14.8. The fourth-order valence-electron chi connectivity index (χ4n) is 0.306. The van der Waals surface area contributed by atoms with E-state index < -0.39 is 17.9 Å². The first-order valence-corrected chi connectivity index (χ1v) is 5.16. The van der Waals surface area contributed by atoms with Gasteiger partial charge in [-0.3, -0.25) is 0 Å². The second-order valence-electron chi connectivity index (χ2n) is 2.74. The van der Waals surface area contributed by atoms with Gasteiger partial charge >= 0.3 is 88.7 Å². The molecule has 0 aromatic rings. The Labute approximate surface area is 202 Å². The molecule has 0 spiro atoms. The average Bonchev–Trinajstić information content (AvgIpc) is 2.15. The molecule has 0 saturated heterocycles. The quantitative estimate of drug-likeness (QED) is 0.317. The molecule has 0 fully saturated rings. The van der Waals surface area contributed by atoms with E-state index in [9.17, 15) is 0 Å². The Kier molecular flexibility index (Phi) is 107. The van der Waals surface area contributed by atoms with E-state index in [1.54, 1.807) is 0 Å². The van der Waals surface area contributed by atoms with Gasteiger partial charge in [-0.1, -0.05) is 0 Å². The topological polar surface area (TPSA) is 210 Å². The molecule has 0 radical (unpaired) electrons. The van der Waals surface area contributed by atoms with Crippen LogP contribution in [0.5, 0.6) is 0 Å². The van der Waals surface area contributed by atoms with Gasteiger partial charge in [0, 0.05) is 37.5 Å². The molecule has 0 aliphatic rings. The van der Waals surface area contributed by atoms with Crippen molar-refractivity contribution in [1.29, 1.82) is 0 Å². The van der Waals surface area contributed by atoms with Crippen LogP contribution in [-0.4, -0.2) is 54.7 Å². The number of rotatable bonds is 4. The average molecular weight is 368 g/mol. The molecule has 0 saturated carbocycles. The molecular formula is C10H23N2Na3O8. The summed E-state index contributed by atoms with van der Waals surface area (Å²) >= 11 is 0. The molecule has 0 heterocycles. The molecule has 124 valence electrons. The van der Waals surface area contributed by atoms with Gasteiger partial charge in [0.15, 0.2) is 0 Å². The van der Waals surface area contributed by atoms with Crippen LogP contribution in [0, 0.1) is 0 Å². The fraction of sp³-hybridized carbons (Fsp3) is 0.700. The smallest absolute Gasteiger partial charge is 0.550 e. The number of aliphatic hydroxyl groups is 1. The van der Waals surface area contributed by atoms with Gasteiger partial charge < -0.3 is 51.3 Å². The molecule has 0 aliphatic carbocycles. The molecule has 0 atom stereocenters. The van der Waals surface area contributed by atoms with E-state index in [1.165, 1.54) is 0 Å². The van der Waals surface area contributed by atoms with Crippen molar-refractivity contribution < 1.29 is 129 Å². The first-order valence-electron chi connectivity index (χ1n) is 5.16. The number of carboxylic acids is 3. The molecule has 13 heteroatoms. The number of nitrogens with one attached hydrogen (secondary N) is 1. The number of nitrogens with two attached hydrogens (primary N) is 1. The Morgan fingerprint density at radius 1 is 0.870 bits per heavy atom. The molecule has 0 rings (SSSR count). The number of aliphatic hydroxyl groups excluding tert-OH is 1. The molecule has 6 N–H and O–H groups in total. The van der Waals surface area contributed by atoms with Gasteiger partial charge in [-0.2, -0.15) is 0 Å². The Morgan fingerprint density at radius 3 is 1.22 bits per heavy atom. The Balaban J connectivity index is -0.0000000212. The zero-order chi connectivity index (χ0) is 16.3. The minimum absolute atomic E-state index is 0. The largest absolute Gasteiger partial charge is 1.00 e. The van der Waals surface area contributed by atoms with Gasteiger partial charge in [0.25, 0.3) is 0 Å². The maximum atomic E-state index is 8.89. The third-order valence-electron chi connectivity index (χ3n) is 0.610. The fourth-order valence-corrected chi connectivity index (χ4v) is 0.306. The molecule has 0 aromatic carbocycles. The number of hydrogen-bond donors (Lipinski definition) is 3. The number of carbonyl (C=O) groups is 3. The second kappa shape index (κ2) is 49.5. The van der Waals surface area contributed by atoms with Crippen LogP contribution in [0.3, 0.4) is 0 Å². The molecule has 10 nitrogen and oxygen atoms in total. The van der Waals surface area contributed by atoms with E-state index >= 15 is 0 Å². The number of hydrogen-bond acceptors (Lipinski definition) is 9. The van der Waals surface area contributed by atoms with Crippen molar-refractivity contribution in [3.8, 4) is 0 Å². The SMILES string of the molecule is CC(=O)[O-].CC(=O)[O-].CC(=O)[O-].NCCNCCO.O.[Na+].[Na+].[Na+].